The van der Waals surface area contributed by atoms with Gasteiger partial charge in [0.25, 0.3) is 0 Å². The van der Waals surface area contributed by atoms with Gasteiger partial charge in [0.05, 0.1) is 0 Å². The maximum atomic E-state index is 11.8. The Morgan fingerprint density at radius 3 is 2.85 bits per heavy atom. The molecular formula is C14H20ClN3OS. The Balaban J connectivity index is 1.70. The minimum absolute atomic E-state index is 0.222. The minimum atomic E-state index is 0.222. The molecule has 110 valence electrons. The van der Waals surface area contributed by atoms with E-state index >= 15 is 0 Å². The summed E-state index contributed by atoms with van der Waals surface area (Å²) in [6, 6.07) is 0.903. The number of hydrogen-bond donors (Lipinski definition) is 0. The molecule has 1 amide bonds. The first-order valence-electron chi connectivity index (χ1n) is 7.26. The highest BCUT2D eigenvalue weighted by atomic mass is 35.5. The molecule has 0 unspecified atom stereocenters. The van der Waals surface area contributed by atoms with Crippen LogP contribution in [0.2, 0.25) is 4.47 Å². The quantitative estimate of drug-likeness (QED) is 0.861. The maximum absolute atomic E-state index is 11.8. The molecule has 0 N–H and O–H groups in total. The molecule has 1 aromatic heterocycles. The van der Waals surface area contributed by atoms with Crippen LogP contribution in [0.5, 0.6) is 0 Å². The lowest BCUT2D eigenvalue weighted by molar-refractivity contribution is -0.130. The molecule has 2 aliphatic heterocycles. The number of hydrogen-bond acceptors (Lipinski definition) is 4. The third-order valence-corrected chi connectivity index (χ3v) is 5.55. The van der Waals surface area contributed by atoms with Crippen LogP contribution in [0.1, 0.15) is 37.5 Å². The number of aromatic nitrogens is 1. The molecule has 0 spiro atoms. The predicted molar refractivity (Wildman–Crippen MR) is 81.0 cm³/mol. The van der Waals surface area contributed by atoms with Crippen LogP contribution in [0.4, 0.5) is 0 Å². The fourth-order valence-corrected chi connectivity index (χ4v) is 4.63. The zero-order chi connectivity index (χ0) is 14.1. The third kappa shape index (κ3) is 2.85. The average Bonchev–Trinajstić information content (AvgIpc) is 3.09. The number of amides is 1. The van der Waals surface area contributed by atoms with Gasteiger partial charge in [0.15, 0.2) is 4.47 Å². The number of halogens is 1. The Morgan fingerprint density at radius 2 is 2.15 bits per heavy atom. The van der Waals surface area contributed by atoms with Crippen molar-refractivity contribution in [3.05, 3.63) is 15.5 Å². The maximum Gasteiger partial charge on any atom is 0.219 e. The Hall–Kier alpha value is -0.650. The van der Waals surface area contributed by atoms with E-state index in [0.717, 1.165) is 32.5 Å². The summed E-state index contributed by atoms with van der Waals surface area (Å²) in [5.41, 5.74) is 0. The molecule has 2 aliphatic rings. The molecule has 2 fully saturated rings. The van der Waals surface area contributed by atoms with Gasteiger partial charge in [-0.2, -0.15) is 0 Å². The number of carbonyl (C=O) groups excluding carboxylic acids is 1. The van der Waals surface area contributed by atoms with Crippen LogP contribution in [0.3, 0.4) is 0 Å². The van der Waals surface area contributed by atoms with Gasteiger partial charge in [-0.1, -0.05) is 11.6 Å². The van der Waals surface area contributed by atoms with Gasteiger partial charge in [-0.05, 0) is 32.2 Å². The minimum Gasteiger partial charge on any atom is -0.338 e. The highest BCUT2D eigenvalue weighted by Crippen LogP contribution is 2.32. The Morgan fingerprint density at radius 1 is 1.40 bits per heavy atom. The van der Waals surface area contributed by atoms with Crippen molar-refractivity contribution in [3.63, 3.8) is 0 Å². The van der Waals surface area contributed by atoms with Crippen LogP contribution in [-0.4, -0.2) is 45.9 Å². The van der Waals surface area contributed by atoms with Gasteiger partial charge < -0.3 is 4.90 Å². The molecule has 0 bridgehead atoms. The average molecular weight is 314 g/mol. The van der Waals surface area contributed by atoms with Crippen LogP contribution >= 0.6 is 22.9 Å². The third-order valence-electron chi connectivity index (χ3n) is 4.45. The predicted octanol–water partition coefficient (Wildman–Crippen LogP) is 2.77. The molecule has 2 atom stereocenters. The second kappa shape index (κ2) is 6.00. The second-order valence-corrected chi connectivity index (χ2v) is 7.38. The van der Waals surface area contributed by atoms with Gasteiger partial charge in [-0.25, -0.2) is 4.98 Å². The molecule has 3 rings (SSSR count). The van der Waals surface area contributed by atoms with Crippen molar-refractivity contribution < 1.29 is 4.79 Å². The first-order valence-corrected chi connectivity index (χ1v) is 8.46. The van der Waals surface area contributed by atoms with Crippen molar-refractivity contribution in [1.82, 2.24) is 14.8 Å². The molecule has 6 heteroatoms. The number of rotatable bonds is 3. The summed E-state index contributed by atoms with van der Waals surface area (Å²) in [4.78, 5) is 21.7. The zero-order valence-electron chi connectivity index (χ0n) is 11.7. The van der Waals surface area contributed by atoms with E-state index < -0.39 is 0 Å². The fraction of sp³-hybridized carbons (Fsp3) is 0.714. The highest BCUT2D eigenvalue weighted by molar-refractivity contribution is 7.15. The number of nitrogens with zero attached hydrogens (tertiary/aromatic N) is 3. The SMILES string of the molecule is CC(=O)N1CCC[C@H]1[C@H]1CCCN1Cc1cnc(Cl)s1. The highest BCUT2D eigenvalue weighted by Gasteiger charge is 2.38. The van der Waals surface area contributed by atoms with Crippen LogP contribution in [-0.2, 0) is 11.3 Å². The van der Waals surface area contributed by atoms with Crippen LogP contribution in [0.15, 0.2) is 6.20 Å². The zero-order valence-corrected chi connectivity index (χ0v) is 13.3. The lowest BCUT2D eigenvalue weighted by Gasteiger charge is -2.34. The van der Waals surface area contributed by atoms with Crippen LogP contribution in [0.25, 0.3) is 0 Å². The molecule has 4 nitrogen and oxygen atoms in total. The molecule has 1 aromatic rings. The molecule has 0 saturated carbocycles. The monoisotopic (exact) mass is 313 g/mol. The molecule has 0 radical (unpaired) electrons. The van der Waals surface area contributed by atoms with Crippen molar-refractivity contribution >= 4 is 28.8 Å². The van der Waals surface area contributed by atoms with Crippen LogP contribution in [0, 0.1) is 0 Å². The van der Waals surface area contributed by atoms with Gasteiger partial charge in [-0.3, -0.25) is 9.69 Å². The summed E-state index contributed by atoms with van der Waals surface area (Å²) in [5, 5.41) is 0. The van der Waals surface area contributed by atoms with E-state index in [1.54, 1.807) is 18.3 Å². The summed E-state index contributed by atoms with van der Waals surface area (Å²) in [5.74, 6) is 0.222. The molecule has 20 heavy (non-hydrogen) atoms. The molecule has 0 aromatic carbocycles. The lowest BCUT2D eigenvalue weighted by Crippen LogP contribution is -2.47. The summed E-state index contributed by atoms with van der Waals surface area (Å²) >= 11 is 7.47. The van der Waals surface area contributed by atoms with Crippen molar-refractivity contribution in [2.45, 2.75) is 51.2 Å². The van der Waals surface area contributed by atoms with Crippen LogP contribution < -0.4 is 0 Å². The topological polar surface area (TPSA) is 36.4 Å². The van der Waals surface area contributed by atoms with E-state index in [2.05, 4.69) is 14.8 Å². The van der Waals surface area contributed by atoms with Crippen molar-refractivity contribution in [1.29, 1.82) is 0 Å². The summed E-state index contributed by atoms with van der Waals surface area (Å²) < 4.78 is 0.613. The van der Waals surface area contributed by atoms with Gasteiger partial charge >= 0.3 is 0 Å². The number of carbonyl (C=O) groups is 1. The normalized spacial score (nSPS) is 27.4. The van der Waals surface area contributed by atoms with E-state index in [1.165, 1.54) is 17.7 Å². The summed E-state index contributed by atoms with van der Waals surface area (Å²) in [7, 11) is 0. The van der Waals surface area contributed by atoms with Crippen molar-refractivity contribution in [2.75, 3.05) is 13.1 Å². The van der Waals surface area contributed by atoms with E-state index in [-0.39, 0.29) is 5.91 Å². The van der Waals surface area contributed by atoms with Gasteiger partial charge in [0.1, 0.15) is 0 Å². The van der Waals surface area contributed by atoms with E-state index in [4.69, 9.17) is 11.6 Å². The molecule has 2 saturated heterocycles. The van der Waals surface area contributed by atoms with E-state index in [1.807, 2.05) is 6.20 Å². The number of likely N-dealkylation sites (tertiary alicyclic amines) is 2. The van der Waals surface area contributed by atoms with Crippen molar-refractivity contribution in [2.24, 2.45) is 0 Å². The Bertz CT molecular complexity index is 493. The largest absolute Gasteiger partial charge is 0.338 e. The summed E-state index contributed by atoms with van der Waals surface area (Å²) in [6.45, 7) is 4.65. The molecular weight excluding hydrogens is 294 g/mol. The fourth-order valence-electron chi connectivity index (χ4n) is 3.62. The molecule has 3 heterocycles. The Kier molecular flexibility index (Phi) is 4.29. The van der Waals surface area contributed by atoms with E-state index in [0.29, 0.717) is 16.6 Å². The first-order chi connectivity index (χ1) is 9.65. The summed E-state index contributed by atoms with van der Waals surface area (Å²) in [6.07, 6.45) is 6.57. The van der Waals surface area contributed by atoms with Gasteiger partial charge in [0.2, 0.25) is 5.91 Å². The van der Waals surface area contributed by atoms with Crippen molar-refractivity contribution in [3.8, 4) is 0 Å². The van der Waals surface area contributed by atoms with Gasteiger partial charge in [-0.15, -0.1) is 11.3 Å². The number of thiazole rings is 1. The smallest absolute Gasteiger partial charge is 0.219 e. The van der Waals surface area contributed by atoms with E-state index in [9.17, 15) is 4.79 Å². The standard InChI is InChI=1S/C14H20ClN3OS/c1-10(19)18-7-3-5-13(18)12-4-2-6-17(12)9-11-8-16-14(15)20-11/h8,12-13H,2-7,9H2,1H3/t12-,13+/m1/s1. The second-order valence-electron chi connectivity index (χ2n) is 5.68. The van der Waals surface area contributed by atoms with Gasteiger partial charge in [0, 0.05) is 43.2 Å². The first kappa shape index (κ1) is 14.3. The lowest BCUT2D eigenvalue weighted by atomic mass is 10.0. The molecule has 0 aliphatic carbocycles. The Labute approximate surface area is 128 Å².